The standard InChI is InChI=1S/C8H17N4/c1-3-9-7(10-4-1)8-11-5-2-6-12-8/h3,7-12H,1-2,4-6H2. The van der Waals surface area contributed by atoms with E-state index in [1.807, 2.05) is 0 Å². The van der Waals surface area contributed by atoms with Crippen LogP contribution < -0.4 is 21.3 Å². The average Bonchev–Trinajstić information content (AvgIpc) is 2.21. The van der Waals surface area contributed by atoms with Crippen molar-refractivity contribution in [3.63, 3.8) is 0 Å². The van der Waals surface area contributed by atoms with Gasteiger partial charge in [0.25, 0.3) is 0 Å². The summed E-state index contributed by atoms with van der Waals surface area (Å²) in [5.74, 6) is 0. The van der Waals surface area contributed by atoms with E-state index in [-0.39, 0.29) is 0 Å². The third-order valence-electron chi connectivity index (χ3n) is 2.37. The Morgan fingerprint density at radius 2 is 1.67 bits per heavy atom. The van der Waals surface area contributed by atoms with Crippen molar-refractivity contribution in [1.29, 1.82) is 0 Å². The quantitative estimate of drug-likeness (QED) is 0.405. The Kier molecular flexibility index (Phi) is 2.94. The molecule has 2 aliphatic heterocycles. The summed E-state index contributed by atoms with van der Waals surface area (Å²) in [5, 5.41) is 13.6. The lowest BCUT2D eigenvalue weighted by molar-refractivity contribution is 0.246. The highest BCUT2D eigenvalue weighted by Crippen LogP contribution is 1.99. The second-order valence-corrected chi connectivity index (χ2v) is 3.33. The van der Waals surface area contributed by atoms with Gasteiger partial charge in [0.15, 0.2) is 0 Å². The molecule has 2 fully saturated rings. The predicted molar refractivity (Wildman–Crippen MR) is 48.3 cm³/mol. The van der Waals surface area contributed by atoms with E-state index in [1.165, 1.54) is 6.42 Å². The zero-order chi connectivity index (χ0) is 8.23. The van der Waals surface area contributed by atoms with E-state index in [4.69, 9.17) is 0 Å². The van der Waals surface area contributed by atoms with Crippen LogP contribution in [0.3, 0.4) is 0 Å². The third-order valence-corrected chi connectivity index (χ3v) is 2.37. The molecule has 0 spiro atoms. The summed E-state index contributed by atoms with van der Waals surface area (Å²) in [6.45, 7) is 5.46. The van der Waals surface area contributed by atoms with Gasteiger partial charge >= 0.3 is 0 Å². The lowest BCUT2D eigenvalue weighted by Gasteiger charge is -2.35. The second-order valence-electron chi connectivity index (χ2n) is 3.33. The van der Waals surface area contributed by atoms with Crippen molar-refractivity contribution in [3.05, 3.63) is 6.54 Å². The van der Waals surface area contributed by atoms with E-state index in [9.17, 15) is 0 Å². The predicted octanol–water partition coefficient (Wildman–Crippen LogP) is -1.03. The van der Waals surface area contributed by atoms with Gasteiger partial charge in [0.05, 0.1) is 12.3 Å². The topological polar surface area (TPSA) is 48.1 Å². The van der Waals surface area contributed by atoms with E-state index in [1.54, 1.807) is 0 Å². The van der Waals surface area contributed by atoms with Crippen LogP contribution in [0.5, 0.6) is 0 Å². The minimum absolute atomic E-state index is 0.360. The van der Waals surface area contributed by atoms with Crippen molar-refractivity contribution < 1.29 is 0 Å². The number of hydrogen-bond donors (Lipinski definition) is 4. The van der Waals surface area contributed by atoms with Gasteiger partial charge in [0.1, 0.15) is 0 Å². The Hall–Kier alpha value is -0.160. The molecular formula is C8H17N4. The van der Waals surface area contributed by atoms with Crippen LogP contribution in [0.4, 0.5) is 0 Å². The minimum atomic E-state index is 0.360. The van der Waals surface area contributed by atoms with Crippen LogP contribution >= 0.6 is 0 Å². The molecule has 2 rings (SSSR count). The van der Waals surface area contributed by atoms with Gasteiger partial charge in [-0.05, 0) is 32.5 Å². The van der Waals surface area contributed by atoms with Crippen LogP contribution in [0.25, 0.3) is 0 Å². The van der Waals surface area contributed by atoms with E-state index < -0.39 is 0 Å². The Morgan fingerprint density at radius 1 is 0.917 bits per heavy atom. The molecule has 0 saturated carbocycles. The smallest absolute Gasteiger partial charge is 0.0869 e. The fourth-order valence-electron chi connectivity index (χ4n) is 1.71. The van der Waals surface area contributed by atoms with Gasteiger partial charge in [0, 0.05) is 6.54 Å². The largest absolute Gasteiger partial charge is 0.299 e. The van der Waals surface area contributed by atoms with Crippen molar-refractivity contribution in [2.45, 2.75) is 25.2 Å². The second kappa shape index (κ2) is 4.18. The molecular weight excluding hydrogens is 152 g/mol. The summed E-state index contributed by atoms with van der Waals surface area (Å²) in [7, 11) is 0. The summed E-state index contributed by atoms with van der Waals surface area (Å²) in [6.07, 6.45) is 3.09. The Bertz CT molecular complexity index is 111. The van der Waals surface area contributed by atoms with E-state index in [0.29, 0.717) is 12.3 Å². The molecule has 0 aromatic heterocycles. The molecule has 1 unspecified atom stereocenters. The van der Waals surface area contributed by atoms with Crippen LogP contribution in [-0.2, 0) is 0 Å². The lowest BCUT2D eigenvalue weighted by Crippen LogP contribution is -2.65. The Balaban J connectivity index is 1.80. The van der Waals surface area contributed by atoms with Gasteiger partial charge in [-0.2, -0.15) is 0 Å². The molecule has 1 atom stereocenters. The molecule has 4 N–H and O–H groups in total. The first-order valence-corrected chi connectivity index (χ1v) is 4.75. The number of rotatable bonds is 1. The molecule has 2 heterocycles. The molecule has 0 aromatic carbocycles. The molecule has 4 heteroatoms. The van der Waals surface area contributed by atoms with Gasteiger partial charge in [-0.15, -0.1) is 0 Å². The summed E-state index contributed by atoms with van der Waals surface area (Å²) in [4.78, 5) is 0. The first-order valence-electron chi connectivity index (χ1n) is 4.75. The summed E-state index contributed by atoms with van der Waals surface area (Å²) < 4.78 is 0. The van der Waals surface area contributed by atoms with Gasteiger partial charge in [-0.3, -0.25) is 21.3 Å². The molecule has 12 heavy (non-hydrogen) atoms. The Labute approximate surface area is 73.5 Å². The minimum Gasteiger partial charge on any atom is -0.299 e. The molecule has 69 valence electrons. The van der Waals surface area contributed by atoms with Crippen molar-refractivity contribution >= 4 is 0 Å². The maximum atomic E-state index is 3.43. The summed E-state index contributed by atoms with van der Waals surface area (Å²) in [5.41, 5.74) is 0. The van der Waals surface area contributed by atoms with Crippen LogP contribution in [0, 0.1) is 6.54 Å². The summed E-state index contributed by atoms with van der Waals surface area (Å²) in [6, 6.07) is 0. The highest BCUT2D eigenvalue weighted by atomic mass is 15.3. The van der Waals surface area contributed by atoms with Crippen LogP contribution in [0.15, 0.2) is 0 Å². The van der Waals surface area contributed by atoms with Crippen molar-refractivity contribution in [3.8, 4) is 0 Å². The van der Waals surface area contributed by atoms with Gasteiger partial charge in [-0.1, -0.05) is 0 Å². The third kappa shape index (κ3) is 1.95. The monoisotopic (exact) mass is 169 g/mol. The van der Waals surface area contributed by atoms with Crippen molar-refractivity contribution in [2.75, 3.05) is 19.6 Å². The van der Waals surface area contributed by atoms with Gasteiger partial charge in [-0.25, -0.2) is 0 Å². The molecule has 0 bridgehead atoms. The maximum Gasteiger partial charge on any atom is 0.0869 e. The molecule has 0 aliphatic carbocycles. The van der Waals surface area contributed by atoms with Crippen LogP contribution in [-0.4, -0.2) is 32.0 Å². The first-order chi connectivity index (χ1) is 5.97. The molecule has 4 nitrogen and oxygen atoms in total. The first kappa shape index (κ1) is 8.44. The molecule has 0 amide bonds. The molecule has 2 saturated heterocycles. The van der Waals surface area contributed by atoms with E-state index >= 15 is 0 Å². The fraction of sp³-hybridized carbons (Fsp3) is 0.875. The normalized spacial score (nSPS) is 29.0. The highest BCUT2D eigenvalue weighted by Gasteiger charge is 2.23. The highest BCUT2D eigenvalue weighted by molar-refractivity contribution is 4.87. The molecule has 0 aromatic rings. The maximum absolute atomic E-state index is 3.43. The fourth-order valence-corrected chi connectivity index (χ4v) is 1.71. The van der Waals surface area contributed by atoms with Crippen molar-refractivity contribution in [1.82, 2.24) is 21.3 Å². The average molecular weight is 169 g/mol. The molecule has 2 aliphatic rings. The van der Waals surface area contributed by atoms with Gasteiger partial charge in [0.2, 0.25) is 0 Å². The van der Waals surface area contributed by atoms with E-state index in [0.717, 1.165) is 26.1 Å². The number of nitrogens with one attached hydrogen (secondary N) is 4. The Morgan fingerprint density at radius 3 is 2.33 bits per heavy atom. The van der Waals surface area contributed by atoms with Gasteiger partial charge < -0.3 is 0 Å². The molecule has 1 radical (unpaired) electrons. The van der Waals surface area contributed by atoms with Crippen LogP contribution in [0.2, 0.25) is 0 Å². The number of hydrogen-bond acceptors (Lipinski definition) is 4. The van der Waals surface area contributed by atoms with Crippen LogP contribution in [0.1, 0.15) is 12.8 Å². The summed E-state index contributed by atoms with van der Waals surface area (Å²) >= 11 is 0. The zero-order valence-electron chi connectivity index (χ0n) is 7.27. The zero-order valence-corrected chi connectivity index (χ0v) is 7.27. The van der Waals surface area contributed by atoms with E-state index in [2.05, 4.69) is 27.8 Å². The SMILES string of the molecule is [CH]1CCNC(C2NCCCN2)N1. The lowest BCUT2D eigenvalue weighted by atomic mass is 10.2. The van der Waals surface area contributed by atoms with Crippen molar-refractivity contribution in [2.24, 2.45) is 0 Å².